The van der Waals surface area contributed by atoms with Crippen LogP contribution in [0.5, 0.6) is 5.75 Å². The molecule has 57 heavy (non-hydrogen) atoms. The first-order valence-corrected chi connectivity index (χ1v) is 21.0. The Morgan fingerprint density at radius 3 is 2.09 bits per heavy atom. The van der Waals surface area contributed by atoms with Crippen molar-refractivity contribution < 1.29 is 19.1 Å². The Kier molecular flexibility index (Phi) is 10.5. The summed E-state index contributed by atoms with van der Waals surface area (Å²) in [6.45, 7) is 5.00. The van der Waals surface area contributed by atoms with Gasteiger partial charge in [-0.15, -0.1) is 11.6 Å². The van der Waals surface area contributed by atoms with Crippen molar-refractivity contribution in [3.05, 3.63) is 126 Å². The Morgan fingerprint density at radius 1 is 0.789 bits per heavy atom. The maximum atomic E-state index is 15.8. The highest BCUT2D eigenvalue weighted by molar-refractivity contribution is 6.18. The first-order valence-electron chi connectivity index (χ1n) is 20.5. The number of phenolic OH excluding ortho intramolecular Hbond substituents is 1. The molecular formula is C47H49ClFN5O3. The van der Waals surface area contributed by atoms with Crippen LogP contribution in [0.4, 0.5) is 15.8 Å². The molecule has 3 unspecified atom stereocenters. The number of carbonyl (C=O) groups is 2. The van der Waals surface area contributed by atoms with Gasteiger partial charge in [0.15, 0.2) is 0 Å². The fourth-order valence-corrected chi connectivity index (χ4v) is 10.1. The fraction of sp³-hybridized carbons (Fsp3) is 0.362. The predicted octanol–water partition coefficient (Wildman–Crippen LogP) is 8.62. The van der Waals surface area contributed by atoms with Crippen molar-refractivity contribution in [3.63, 3.8) is 0 Å². The summed E-state index contributed by atoms with van der Waals surface area (Å²) in [5.74, 6) is 0.627. The number of likely N-dealkylation sites (tertiary alicyclic amines) is 1. The van der Waals surface area contributed by atoms with Crippen LogP contribution in [0, 0.1) is 11.7 Å². The number of amides is 2. The molecule has 1 aromatic heterocycles. The molecule has 4 fully saturated rings. The van der Waals surface area contributed by atoms with Gasteiger partial charge in [0, 0.05) is 86.0 Å². The third kappa shape index (κ3) is 7.67. The summed E-state index contributed by atoms with van der Waals surface area (Å²) in [5.41, 5.74) is 7.54. The maximum absolute atomic E-state index is 15.8. The summed E-state index contributed by atoms with van der Waals surface area (Å²) in [7, 11) is 0. The lowest BCUT2D eigenvalue weighted by molar-refractivity contribution is -0.135. The number of alkyl halides is 1. The lowest BCUT2D eigenvalue weighted by atomic mass is 9.88. The van der Waals surface area contributed by atoms with Crippen molar-refractivity contribution in [3.8, 4) is 5.75 Å². The number of fused-ring (bicyclic) bond motifs is 3. The van der Waals surface area contributed by atoms with Crippen molar-refractivity contribution in [2.75, 3.05) is 48.4 Å². The van der Waals surface area contributed by atoms with E-state index in [2.05, 4.69) is 68.5 Å². The van der Waals surface area contributed by atoms with Gasteiger partial charge >= 0.3 is 0 Å². The van der Waals surface area contributed by atoms with Crippen LogP contribution in [0.15, 0.2) is 103 Å². The lowest BCUT2D eigenvalue weighted by Crippen LogP contribution is -2.55. The molecule has 9 rings (SSSR count). The second-order valence-corrected chi connectivity index (χ2v) is 16.7. The van der Waals surface area contributed by atoms with E-state index >= 15 is 4.39 Å². The fourth-order valence-electron chi connectivity index (χ4n) is 9.92. The van der Waals surface area contributed by atoms with Crippen LogP contribution in [0.2, 0.25) is 0 Å². The van der Waals surface area contributed by atoms with Gasteiger partial charge < -0.3 is 19.5 Å². The van der Waals surface area contributed by atoms with Gasteiger partial charge in [-0.05, 0) is 109 Å². The Balaban J connectivity index is 0.842. The molecule has 3 atom stereocenters. The SMILES string of the molecule is O=C1CCC(n2cc3cc(F)c(N4C5CCC4CN(CC4CCN(c6ccc(C(=C(CCCl)c7ccccc7)c7ccc(O)cc7)cc6)CC4)C5)cc3c2)C(=O)N1. The van der Waals surface area contributed by atoms with Crippen molar-refractivity contribution in [1.29, 1.82) is 0 Å². The summed E-state index contributed by atoms with van der Waals surface area (Å²) in [5, 5.41) is 14.2. The van der Waals surface area contributed by atoms with Crippen molar-refractivity contribution in [2.24, 2.45) is 5.92 Å². The summed E-state index contributed by atoms with van der Waals surface area (Å²) in [6.07, 6.45) is 9.64. The molecule has 2 amide bonds. The van der Waals surface area contributed by atoms with E-state index < -0.39 is 6.04 Å². The van der Waals surface area contributed by atoms with E-state index in [4.69, 9.17) is 11.6 Å². The highest BCUT2D eigenvalue weighted by Crippen LogP contribution is 2.40. The maximum Gasteiger partial charge on any atom is 0.249 e. The molecule has 8 nitrogen and oxygen atoms in total. The van der Waals surface area contributed by atoms with E-state index in [1.165, 1.54) is 11.3 Å². The number of benzene rings is 4. The van der Waals surface area contributed by atoms with Crippen LogP contribution < -0.4 is 15.1 Å². The third-order valence-corrected chi connectivity index (χ3v) is 12.9. The molecule has 0 spiro atoms. The number of piperazine rings is 1. The minimum Gasteiger partial charge on any atom is -0.508 e. The van der Waals surface area contributed by atoms with Crippen LogP contribution in [-0.4, -0.2) is 77.1 Å². The monoisotopic (exact) mass is 785 g/mol. The van der Waals surface area contributed by atoms with Crippen LogP contribution >= 0.6 is 11.6 Å². The quantitative estimate of drug-likeness (QED) is 0.0839. The van der Waals surface area contributed by atoms with Crippen LogP contribution in [0.25, 0.3) is 21.9 Å². The number of nitrogens with zero attached hydrogens (tertiary/aromatic N) is 4. The number of phenols is 1. The molecule has 4 aromatic carbocycles. The lowest BCUT2D eigenvalue weighted by Gasteiger charge is -2.44. The molecule has 5 aromatic rings. The second-order valence-electron chi connectivity index (χ2n) is 16.3. The molecule has 2 bridgehead atoms. The van der Waals surface area contributed by atoms with E-state index in [0.29, 0.717) is 30.3 Å². The largest absolute Gasteiger partial charge is 0.508 e. The van der Waals surface area contributed by atoms with Crippen molar-refractivity contribution in [2.45, 2.75) is 63.1 Å². The van der Waals surface area contributed by atoms with Gasteiger partial charge in [-0.2, -0.15) is 0 Å². The highest BCUT2D eigenvalue weighted by atomic mass is 35.5. The molecule has 294 valence electrons. The third-order valence-electron chi connectivity index (χ3n) is 12.7. The van der Waals surface area contributed by atoms with E-state index in [9.17, 15) is 14.7 Å². The second kappa shape index (κ2) is 16.0. The summed E-state index contributed by atoms with van der Waals surface area (Å²) in [4.78, 5) is 31.7. The number of piperidine rings is 2. The Hall–Kier alpha value is -5.12. The molecule has 2 N–H and O–H groups in total. The summed E-state index contributed by atoms with van der Waals surface area (Å²) < 4.78 is 17.6. The van der Waals surface area contributed by atoms with Crippen molar-refractivity contribution >= 4 is 56.7 Å². The number of carbonyl (C=O) groups excluding carboxylic acids is 2. The number of anilines is 2. The number of imide groups is 1. The summed E-state index contributed by atoms with van der Waals surface area (Å²) >= 11 is 6.37. The summed E-state index contributed by atoms with van der Waals surface area (Å²) in [6, 6.07) is 30.5. The average Bonchev–Trinajstić information content (AvgIpc) is 3.75. The molecular weight excluding hydrogens is 737 g/mol. The minimum absolute atomic E-state index is 0.214. The van der Waals surface area contributed by atoms with E-state index in [-0.39, 0.29) is 35.5 Å². The highest BCUT2D eigenvalue weighted by Gasteiger charge is 2.41. The van der Waals surface area contributed by atoms with Crippen LogP contribution in [0.3, 0.4) is 0 Å². The molecule has 5 heterocycles. The number of hydrogen-bond donors (Lipinski definition) is 2. The number of halogens is 2. The number of nitrogens with one attached hydrogen (secondary N) is 1. The van der Waals surface area contributed by atoms with Crippen LogP contribution in [0.1, 0.15) is 67.7 Å². The van der Waals surface area contributed by atoms with E-state index in [0.717, 1.165) is 97.9 Å². The zero-order valence-electron chi connectivity index (χ0n) is 32.1. The zero-order valence-corrected chi connectivity index (χ0v) is 32.9. The minimum atomic E-state index is -0.457. The number of aromatic hydroxyl groups is 1. The van der Waals surface area contributed by atoms with E-state index in [1.54, 1.807) is 18.2 Å². The van der Waals surface area contributed by atoms with Gasteiger partial charge in [0.1, 0.15) is 17.6 Å². The topological polar surface area (TPSA) is 81.1 Å². The van der Waals surface area contributed by atoms with Gasteiger partial charge in [0.25, 0.3) is 0 Å². The van der Waals surface area contributed by atoms with Gasteiger partial charge in [-0.1, -0.05) is 54.6 Å². The predicted molar refractivity (Wildman–Crippen MR) is 226 cm³/mol. The van der Waals surface area contributed by atoms with Gasteiger partial charge in [-0.3, -0.25) is 19.8 Å². The standard InChI is InChI=1S/C47H49ClFN5O3/c48-21-18-41(32-4-2-1-3-5-32)46(34-8-14-40(55)15-9-34)33-6-10-37(11-7-33)52-22-19-31(20-23-52)26-51-29-38-12-13-39(30-51)54(38)44-25-36-28-53(27-35(36)24-42(44)49)43-16-17-45(56)50-47(43)57/h1-11,14-15,24-25,27-28,31,38-39,43,55H,12-13,16-23,26,29-30H2,(H,50,56,57). The van der Waals surface area contributed by atoms with Gasteiger partial charge in [0.05, 0.1) is 5.69 Å². The Morgan fingerprint density at radius 2 is 1.44 bits per heavy atom. The molecule has 4 aliphatic heterocycles. The molecule has 0 radical (unpaired) electrons. The Bertz CT molecular complexity index is 2270. The number of aromatic nitrogens is 1. The van der Waals surface area contributed by atoms with Crippen molar-refractivity contribution in [1.82, 2.24) is 14.8 Å². The molecule has 10 heteroatoms. The molecule has 4 saturated heterocycles. The Labute approximate surface area is 338 Å². The number of allylic oxidation sites excluding steroid dienone is 1. The molecule has 4 aliphatic rings. The van der Waals surface area contributed by atoms with Gasteiger partial charge in [0.2, 0.25) is 11.8 Å². The first-order chi connectivity index (χ1) is 27.8. The average molecular weight is 786 g/mol. The smallest absolute Gasteiger partial charge is 0.249 e. The number of rotatable bonds is 10. The van der Waals surface area contributed by atoms with E-state index in [1.807, 2.05) is 41.2 Å². The first kappa shape index (κ1) is 37.5. The van der Waals surface area contributed by atoms with Gasteiger partial charge in [-0.25, -0.2) is 4.39 Å². The normalized spacial score (nSPS) is 22.2. The molecule has 0 aliphatic carbocycles. The van der Waals surface area contributed by atoms with Crippen LogP contribution in [-0.2, 0) is 9.59 Å². The number of hydrogen-bond acceptors (Lipinski definition) is 6. The zero-order chi connectivity index (χ0) is 39.0. The molecule has 0 saturated carbocycles.